The maximum absolute atomic E-state index is 10.9. The molecule has 0 fully saturated rings. The Morgan fingerprint density at radius 1 is 1.26 bits per heavy atom. The number of anilines is 2. The molecule has 0 saturated heterocycles. The first kappa shape index (κ1) is 15.2. The average Bonchev–Trinajstić information content (AvgIpc) is 2.37. The molecule has 0 aliphatic rings. The van der Waals surface area contributed by atoms with E-state index in [4.69, 9.17) is 0 Å². The van der Waals surface area contributed by atoms with Gasteiger partial charge < -0.3 is 15.7 Å². The van der Waals surface area contributed by atoms with Crippen LogP contribution in [0.4, 0.5) is 17.1 Å². The SMILES string of the molecule is CCNc1cc(NCC(C)(O)CC)cc([N+](=O)[O-])c1. The molecule has 1 unspecified atom stereocenters. The van der Waals surface area contributed by atoms with E-state index in [1.54, 1.807) is 13.0 Å². The van der Waals surface area contributed by atoms with Crippen molar-refractivity contribution >= 4 is 17.1 Å². The molecular formula is C13H21N3O3. The van der Waals surface area contributed by atoms with Crippen LogP contribution in [-0.4, -0.2) is 28.7 Å². The average molecular weight is 267 g/mol. The van der Waals surface area contributed by atoms with E-state index in [0.29, 0.717) is 30.9 Å². The lowest BCUT2D eigenvalue weighted by molar-refractivity contribution is -0.384. The van der Waals surface area contributed by atoms with E-state index in [1.165, 1.54) is 12.1 Å². The molecule has 106 valence electrons. The molecule has 19 heavy (non-hydrogen) atoms. The zero-order chi connectivity index (χ0) is 14.5. The van der Waals surface area contributed by atoms with Crippen LogP contribution in [-0.2, 0) is 0 Å². The number of hydrogen-bond acceptors (Lipinski definition) is 5. The summed E-state index contributed by atoms with van der Waals surface area (Å²) in [6, 6.07) is 4.75. The fourth-order valence-electron chi connectivity index (χ4n) is 1.54. The molecule has 1 aromatic carbocycles. The van der Waals surface area contributed by atoms with Crippen molar-refractivity contribution in [1.29, 1.82) is 0 Å². The third-order valence-electron chi connectivity index (χ3n) is 2.94. The van der Waals surface area contributed by atoms with E-state index in [9.17, 15) is 15.2 Å². The van der Waals surface area contributed by atoms with Gasteiger partial charge in [0.15, 0.2) is 0 Å². The summed E-state index contributed by atoms with van der Waals surface area (Å²) >= 11 is 0. The zero-order valence-electron chi connectivity index (χ0n) is 11.6. The standard InChI is InChI=1S/C13H21N3O3/c1-4-13(3,17)9-15-11-6-10(14-5-2)7-12(8-11)16(18)19/h6-8,14-15,17H,4-5,9H2,1-3H3. The van der Waals surface area contributed by atoms with Gasteiger partial charge in [0.05, 0.1) is 10.5 Å². The van der Waals surface area contributed by atoms with Gasteiger partial charge in [0, 0.05) is 36.6 Å². The summed E-state index contributed by atoms with van der Waals surface area (Å²) in [6.07, 6.45) is 0.606. The highest BCUT2D eigenvalue weighted by molar-refractivity contribution is 5.63. The molecule has 0 amide bonds. The van der Waals surface area contributed by atoms with E-state index in [1.807, 2.05) is 13.8 Å². The van der Waals surface area contributed by atoms with E-state index in [2.05, 4.69) is 10.6 Å². The van der Waals surface area contributed by atoms with Crippen molar-refractivity contribution in [1.82, 2.24) is 0 Å². The number of nitrogens with one attached hydrogen (secondary N) is 2. The summed E-state index contributed by atoms with van der Waals surface area (Å²) in [4.78, 5) is 10.4. The highest BCUT2D eigenvalue weighted by Gasteiger charge is 2.17. The van der Waals surface area contributed by atoms with Gasteiger partial charge in [-0.05, 0) is 26.3 Å². The molecule has 0 heterocycles. The Bertz CT molecular complexity index is 447. The van der Waals surface area contributed by atoms with Crippen LogP contribution in [0.3, 0.4) is 0 Å². The van der Waals surface area contributed by atoms with Crippen LogP contribution in [0.1, 0.15) is 27.2 Å². The summed E-state index contributed by atoms with van der Waals surface area (Å²) < 4.78 is 0. The minimum Gasteiger partial charge on any atom is -0.388 e. The van der Waals surface area contributed by atoms with Crippen LogP contribution in [0.15, 0.2) is 18.2 Å². The Balaban J connectivity index is 2.90. The Kier molecular flexibility index (Phi) is 5.11. The van der Waals surface area contributed by atoms with Gasteiger partial charge in [-0.1, -0.05) is 6.92 Å². The topological polar surface area (TPSA) is 87.4 Å². The number of nitro groups is 1. The summed E-state index contributed by atoms with van der Waals surface area (Å²) in [5, 5.41) is 26.9. The van der Waals surface area contributed by atoms with Crippen molar-refractivity contribution in [3.05, 3.63) is 28.3 Å². The van der Waals surface area contributed by atoms with Crippen molar-refractivity contribution < 1.29 is 10.0 Å². The molecule has 6 heteroatoms. The van der Waals surface area contributed by atoms with Crippen LogP contribution in [0.5, 0.6) is 0 Å². The third kappa shape index (κ3) is 4.75. The summed E-state index contributed by atoms with van der Waals surface area (Å²) in [6.45, 7) is 6.57. The van der Waals surface area contributed by atoms with E-state index in [0.717, 1.165) is 0 Å². The molecule has 6 nitrogen and oxygen atoms in total. The second-order valence-electron chi connectivity index (χ2n) is 4.76. The van der Waals surface area contributed by atoms with Crippen molar-refractivity contribution in [2.24, 2.45) is 0 Å². The third-order valence-corrected chi connectivity index (χ3v) is 2.94. The monoisotopic (exact) mass is 267 g/mol. The number of nitro benzene ring substituents is 1. The normalized spacial score (nSPS) is 13.7. The maximum atomic E-state index is 10.9. The quantitative estimate of drug-likeness (QED) is 0.522. The zero-order valence-corrected chi connectivity index (χ0v) is 11.6. The van der Waals surface area contributed by atoms with Crippen molar-refractivity contribution in [3.8, 4) is 0 Å². The summed E-state index contributed by atoms with van der Waals surface area (Å²) in [5.74, 6) is 0. The second-order valence-corrected chi connectivity index (χ2v) is 4.76. The summed E-state index contributed by atoms with van der Waals surface area (Å²) in [5.41, 5.74) is 0.509. The first-order valence-electron chi connectivity index (χ1n) is 6.37. The fraction of sp³-hybridized carbons (Fsp3) is 0.538. The van der Waals surface area contributed by atoms with Gasteiger partial charge in [-0.15, -0.1) is 0 Å². The van der Waals surface area contributed by atoms with Gasteiger partial charge in [-0.3, -0.25) is 10.1 Å². The lowest BCUT2D eigenvalue weighted by Crippen LogP contribution is -2.32. The molecule has 1 atom stereocenters. The Morgan fingerprint density at radius 3 is 2.32 bits per heavy atom. The molecule has 0 aliphatic carbocycles. The highest BCUT2D eigenvalue weighted by atomic mass is 16.6. The largest absolute Gasteiger partial charge is 0.388 e. The Hall–Kier alpha value is -1.82. The first-order valence-corrected chi connectivity index (χ1v) is 6.37. The van der Waals surface area contributed by atoms with Gasteiger partial charge in [0.2, 0.25) is 0 Å². The van der Waals surface area contributed by atoms with Crippen LogP contribution < -0.4 is 10.6 Å². The Labute approximate surface area is 113 Å². The molecular weight excluding hydrogens is 246 g/mol. The van der Waals surface area contributed by atoms with Crippen molar-refractivity contribution in [3.63, 3.8) is 0 Å². The smallest absolute Gasteiger partial charge is 0.273 e. The Morgan fingerprint density at radius 2 is 1.84 bits per heavy atom. The van der Waals surface area contributed by atoms with Crippen LogP contribution >= 0.6 is 0 Å². The molecule has 3 N–H and O–H groups in total. The number of rotatable bonds is 7. The van der Waals surface area contributed by atoms with E-state index >= 15 is 0 Å². The van der Waals surface area contributed by atoms with Crippen LogP contribution in [0.2, 0.25) is 0 Å². The van der Waals surface area contributed by atoms with E-state index < -0.39 is 10.5 Å². The predicted octanol–water partition coefficient (Wildman–Crippen LogP) is 2.60. The van der Waals surface area contributed by atoms with E-state index in [-0.39, 0.29) is 5.69 Å². The number of hydrogen-bond donors (Lipinski definition) is 3. The lowest BCUT2D eigenvalue weighted by atomic mass is 10.0. The van der Waals surface area contributed by atoms with Gasteiger partial charge in [0.25, 0.3) is 5.69 Å². The minimum atomic E-state index is -0.830. The molecule has 0 spiro atoms. The molecule has 0 bridgehead atoms. The van der Waals surface area contributed by atoms with Crippen LogP contribution in [0.25, 0.3) is 0 Å². The molecule has 0 aromatic heterocycles. The van der Waals surface area contributed by atoms with Gasteiger partial charge in [-0.2, -0.15) is 0 Å². The van der Waals surface area contributed by atoms with Gasteiger partial charge >= 0.3 is 0 Å². The predicted molar refractivity (Wildman–Crippen MR) is 76.7 cm³/mol. The first-order chi connectivity index (χ1) is 8.88. The summed E-state index contributed by atoms with van der Waals surface area (Å²) in [7, 11) is 0. The van der Waals surface area contributed by atoms with Gasteiger partial charge in [0.1, 0.15) is 0 Å². The minimum absolute atomic E-state index is 0.0251. The molecule has 0 saturated carbocycles. The number of non-ortho nitro benzene ring substituents is 1. The molecule has 1 aromatic rings. The number of aliphatic hydroxyl groups is 1. The lowest BCUT2D eigenvalue weighted by Gasteiger charge is -2.22. The fourth-order valence-corrected chi connectivity index (χ4v) is 1.54. The van der Waals surface area contributed by atoms with Crippen LogP contribution in [0, 0.1) is 10.1 Å². The van der Waals surface area contributed by atoms with Gasteiger partial charge in [-0.25, -0.2) is 0 Å². The second kappa shape index (κ2) is 6.38. The van der Waals surface area contributed by atoms with Crippen molar-refractivity contribution in [2.75, 3.05) is 23.7 Å². The number of nitrogens with zero attached hydrogens (tertiary/aromatic N) is 1. The maximum Gasteiger partial charge on any atom is 0.273 e. The highest BCUT2D eigenvalue weighted by Crippen LogP contribution is 2.25. The number of benzene rings is 1. The molecule has 0 radical (unpaired) electrons. The molecule has 1 rings (SSSR count). The molecule has 0 aliphatic heterocycles. The van der Waals surface area contributed by atoms with Crippen molar-refractivity contribution in [2.45, 2.75) is 32.8 Å².